The van der Waals surface area contributed by atoms with E-state index in [1.807, 2.05) is 30.0 Å². The van der Waals surface area contributed by atoms with E-state index in [0.29, 0.717) is 11.3 Å². The Morgan fingerprint density at radius 3 is 2.74 bits per heavy atom. The molecule has 0 bridgehead atoms. The van der Waals surface area contributed by atoms with Gasteiger partial charge in [0.05, 0.1) is 0 Å². The Morgan fingerprint density at radius 2 is 2.16 bits per heavy atom. The molecular formula is C15H22N2OS. The van der Waals surface area contributed by atoms with Crippen LogP contribution < -0.4 is 5.32 Å². The molecule has 1 N–H and O–H groups in total. The van der Waals surface area contributed by atoms with Gasteiger partial charge in [0.25, 0.3) is 5.91 Å². The maximum absolute atomic E-state index is 12.0. The van der Waals surface area contributed by atoms with Gasteiger partial charge < -0.3 is 10.2 Å². The summed E-state index contributed by atoms with van der Waals surface area (Å²) in [5.41, 5.74) is 3.03. The molecule has 0 aromatic heterocycles. The second kappa shape index (κ2) is 5.87. The van der Waals surface area contributed by atoms with Gasteiger partial charge >= 0.3 is 0 Å². The Balaban J connectivity index is 2.19. The molecule has 1 aromatic rings. The van der Waals surface area contributed by atoms with E-state index in [9.17, 15) is 4.79 Å². The lowest BCUT2D eigenvalue weighted by atomic mass is 10.1. The third-order valence-electron chi connectivity index (χ3n) is 3.61. The van der Waals surface area contributed by atoms with Gasteiger partial charge in [-0.1, -0.05) is 13.0 Å². The first kappa shape index (κ1) is 14.3. The largest absolute Gasteiger partial charge is 0.381 e. The molecule has 1 aliphatic rings. The number of thioether (sulfide) groups is 1. The molecule has 1 aliphatic heterocycles. The van der Waals surface area contributed by atoms with Crippen molar-refractivity contribution in [1.82, 2.24) is 4.90 Å². The smallest absolute Gasteiger partial charge is 0.253 e. The van der Waals surface area contributed by atoms with Gasteiger partial charge in [-0.15, -0.1) is 0 Å². The molecule has 0 radical (unpaired) electrons. The van der Waals surface area contributed by atoms with Crippen LogP contribution in [0.5, 0.6) is 0 Å². The quantitative estimate of drug-likeness (QED) is 0.922. The number of carbonyl (C=O) groups excluding carboxylic acids is 1. The van der Waals surface area contributed by atoms with E-state index in [0.717, 1.165) is 11.3 Å². The molecule has 1 aromatic carbocycles. The van der Waals surface area contributed by atoms with E-state index in [2.05, 4.69) is 19.2 Å². The Labute approximate surface area is 119 Å². The first-order valence-corrected chi connectivity index (χ1v) is 7.74. The second-order valence-corrected chi connectivity index (χ2v) is 6.83. The minimum absolute atomic E-state index is 0.0527. The number of amides is 1. The monoisotopic (exact) mass is 278 g/mol. The first-order chi connectivity index (χ1) is 8.99. The van der Waals surface area contributed by atoms with Crippen LogP contribution in [0.25, 0.3) is 0 Å². The molecule has 1 saturated heterocycles. The number of benzene rings is 1. The molecule has 0 spiro atoms. The SMILES string of the molecule is Cc1ccc(C(=O)N(C)C)cc1NC1CCSC1C. The number of carbonyl (C=O) groups is 1. The van der Waals surface area contributed by atoms with Gasteiger partial charge in [0.2, 0.25) is 0 Å². The maximum Gasteiger partial charge on any atom is 0.253 e. The Kier molecular flexibility index (Phi) is 4.40. The zero-order valence-electron chi connectivity index (χ0n) is 12.1. The zero-order chi connectivity index (χ0) is 14.0. The number of hydrogen-bond donors (Lipinski definition) is 1. The van der Waals surface area contributed by atoms with Crippen molar-refractivity contribution in [3.05, 3.63) is 29.3 Å². The summed E-state index contributed by atoms with van der Waals surface area (Å²) >= 11 is 2.01. The normalized spacial score (nSPS) is 22.3. The summed E-state index contributed by atoms with van der Waals surface area (Å²) in [5.74, 6) is 1.27. The van der Waals surface area contributed by atoms with Crippen molar-refractivity contribution < 1.29 is 4.79 Å². The maximum atomic E-state index is 12.0. The van der Waals surface area contributed by atoms with Gasteiger partial charge in [-0.3, -0.25) is 4.79 Å². The van der Waals surface area contributed by atoms with Crippen LogP contribution >= 0.6 is 11.8 Å². The highest BCUT2D eigenvalue weighted by atomic mass is 32.2. The number of hydrogen-bond acceptors (Lipinski definition) is 3. The highest BCUT2D eigenvalue weighted by molar-refractivity contribution is 8.00. The predicted molar refractivity (Wildman–Crippen MR) is 83.1 cm³/mol. The van der Waals surface area contributed by atoms with Crippen molar-refractivity contribution >= 4 is 23.4 Å². The molecule has 104 valence electrons. The van der Waals surface area contributed by atoms with Crippen molar-refractivity contribution in [2.45, 2.75) is 31.6 Å². The van der Waals surface area contributed by atoms with Gasteiger partial charge in [-0.2, -0.15) is 11.8 Å². The lowest BCUT2D eigenvalue weighted by Crippen LogP contribution is -2.26. The third-order valence-corrected chi connectivity index (χ3v) is 4.93. The van der Waals surface area contributed by atoms with Gasteiger partial charge in [-0.05, 0) is 36.8 Å². The minimum atomic E-state index is 0.0527. The fraction of sp³-hybridized carbons (Fsp3) is 0.533. The summed E-state index contributed by atoms with van der Waals surface area (Å²) in [5, 5.41) is 4.23. The molecule has 1 heterocycles. The summed E-state index contributed by atoms with van der Waals surface area (Å²) in [6.45, 7) is 4.35. The molecule has 2 unspecified atom stereocenters. The van der Waals surface area contributed by atoms with E-state index in [1.54, 1.807) is 19.0 Å². The van der Waals surface area contributed by atoms with Gasteiger partial charge in [0, 0.05) is 36.6 Å². The Hall–Kier alpha value is -1.16. The fourth-order valence-electron chi connectivity index (χ4n) is 2.29. The van der Waals surface area contributed by atoms with Crippen molar-refractivity contribution in [3.8, 4) is 0 Å². The lowest BCUT2D eigenvalue weighted by molar-refractivity contribution is 0.0827. The third kappa shape index (κ3) is 3.24. The van der Waals surface area contributed by atoms with Crippen LogP contribution in [-0.2, 0) is 0 Å². The highest BCUT2D eigenvalue weighted by Gasteiger charge is 2.24. The van der Waals surface area contributed by atoms with Crippen molar-refractivity contribution in [1.29, 1.82) is 0 Å². The van der Waals surface area contributed by atoms with Crippen LogP contribution in [0.15, 0.2) is 18.2 Å². The van der Waals surface area contributed by atoms with Crippen LogP contribution in [0.2, 0.25) is 0 Å². The Morgan fingerprint density at radius 1 is 1.42 bits per heavy atom. The molecular weight excluding hydrogens is 256 g/mol. The lowest BCUT2D eigenvalue weighted by Gasteiger charge is -2.20. The fourth-order valence-corrected chi connectivity index (χ4v) is 3.49. The molecule has 3 nitrogen and oxygen atoms in total. The summed E-state index contributed by atoms with van der Waals surface area (Å²) in [7, 11) is 3.57. The Bertz CT molecular complexity index is 473. The summed E-state index contributed by atoms with van der Waals surface area (Å²) < 4.78 is 0. The number of aryl methyl sites for hydroxylation is 1. The molecule has 4 heteroatoms. The van der Waals surface area contributed by atoms with Crippen LogP contribution in [0, 0.1) is 6.92 Å². The van der Waals surface area contributed by atoms with Crippen molar-refractivity contribution in [2.24, 2.45) is 0 Å². The summed E-state index contributed by atoms with van der Waals surface area (Å²) in [6, 6.07) is 6.41. The number of anilines is 1. The van der Waals surface area contributed by atoms with Crippen LogP contribution in [0.4, 0.5) is 5.69 Å². The standard InChI is InChI=1S/C15H22N2OS/c1-10-5-6-12(15(18)17(3)4)9-14(10)16-13-7-8-19-11(13)2/h5-6,9,11,13,16H,7-8H2,1-4H3. The minimum Gasteiger partial charge on any atom is -0.381 e. The summed E-state index contributed by atoms with van der Waals surface area (Å²) in [6.07, 6.45) is 1.19. The van der Waals surface area contributed by atoms with Crippen molar-refractivity contribution in [2.75, 3.05) is 25.2 Å². The second-order valence-electron chi connectivity index (χ2n) is 5.34. The topological polar surface area (TPSA) is 32.3 Å². The average molecular weight is 278 g/mol. The average Bonchev–Trinajstić information content (AvgIpc) is 2.77. The van der Waals surface area contributed by atoms with Crippen LogP contribution in [0.1, 0.15) is 29.3 Å². The molecule has 0 saturated carbocycles. The van der Waals surface area contributed by atoms with E-state index >= 15 is 0 Å². The molecule has 1 amide bonds. The van der Waals surface area contributed by atoms with E-state index < -0.39 is 0 Å². The highest BCUT2D eigenvalue weighted by Crippen LogP contribution is 2.30. The van der Waals surface area contributed by atoms with E-state index in [4.69, 9.17) is 0 Å². The van der Waals surface area contributed by atoms with Gasteiger partial charge in [-0.25, -0.2) is 0 Å². The molecule has 2 atom stereocenters. The first-order valence-electron chi connectivity index (χ1n) is 6.69. The number of nitrogens with one attached hydrogen (secondary N) is 1. The van der Waals surface area contributed by atoms with Crippen LogP contribution in [-0.4, -0.2) is 41.9 Å². The van der Waals surface area contributed by atoms with E-state index in [1.165, 1.54) is 17.7 Å². The molecule has 2 rings (SSSR count). The number of nitrogens with zero attached hydrogens (tertiary/aromatic N) is 1. The molecule has 1 fully saturated rings. The summed E-state index contributed by atoms with van der Waals surface area (Å²) in [4.78, 5) is 13.6. The van der Waals surface area contributed by atoms with Gasteiger partial charge in [0.1, 0.15) is 0 Å². The number of rotatable bonds is 3. The van der Waals surface area contributed by atoms with Crippen LogP contribution in [0.3, 0.4) is 0 Å². The molecule has 0 aliphatic carbocycles. The van der Waals surface area contributed by atoms with Gasteiger partial charge in [0.15, 0.2) is 0 Å². The van der Waals surface area contributed by atoms with Crippen molar-refractivity contribution in [3.63, 3.8) is 0 Å². The molecule has 19 heavy (non-hydrogen) atoms. The predicted octanol–water partition coefficient (Wildman–Crippen LogP) is 3.00. The van der Waals surface area contributed by atoms with E-state index in [-0.39, 0.29) is 5.91 Å². The zero-order valence-corrected chi connectivity index (χ0v) is 12.9.